The molecule has 0 radical (unpaired) electrons. The Bertz CT molecular complexity index is 722. The van der Waals surface area contributed by atoms with Gasteiger partial charge in [-0.15, -0.1) is 35.3 Å². The van der Waals surface area contributed by atoms with Crippen molar-refractivity contribution in [2.45, 2.75) is 19.5 Å². The van der Waals surface area contributed by atoms with Gasteiger partial charge in [-0.3, -0.25) is 4.99 Å². The van der Waals surface area contributed by atoms with Gasteiger partial charge in [-0.2, -0.15) is 13.2 Å². The summed E-state index contributed by atoms with van der Waals surface area (Å²) < 4.78 is 37.7. The van der Waals surface area contributed by atoms with E-state index in [4.69, 9.17) is 0 Å². The molecule has 10 heteroatoms. The molecule has 0 aliphatic rings. The van der Waals surface area contributed by atoms with Gasteiger partial charge in [0.05, 0.1) is 5.01 Å². The molecular weight excluding hydrogens is 502 g/mol. The lowest BCUT2D eigenvalue weighted by Gasteiger charge is -2.20. The van der Waals surface area contributed by atoms with Crippen molar-refractivity contribution in [1.29, 1.82) is 0 Å². The predicted molar refractivity (Wildman–Crippen MR) is 120 cm³/mol. The Labute approximate surface area is 184 Å². The quantitative estimate of drug-likeness (QED) is 0.310. The Morgan fingerprint density at radius 3 is 2.54 bits per heavy atom. The van der Waals surface area contributed by atoms with E-state index in [1.54, 1.807) is 0 Å². The second-order valence-electron chi connectivity index (χ2n) is 5.82. The number of guanidine groups is 1. The molecule has 2 rings (SSSR count). The maximum atomic E-state index is 12.6. The molecule has 0 spiro atoms. The average Bonchev–Trinajstić information content (AvgIpc) is 3.12. The zero-order chi connectivity index (χ0) is 19.7. The lowest BCUT2D eigenvalue weighted by atomic mass is 10.3. The minimum Gasteiger partial charge on any atom is -0.373 e. The van der Waals surface area contributed by atoms with E-state index in [0.29, 0.717) is 37.0 Å². The second-order valence-corrected chi connectivity index (χ2v) is 6.76. The van der Waals surface area contributed by atoms with Crippen LogP contribution < -0.4 is 15.5 Å². The van der Waals surface area contributed by atoms with Crippen molar-refractivity contribution in [3.63, 3.8) is 0 Å². The third-order valence-corrected chi connectivity index (χ3v) is 4.63. The van der Waals surface area contributed by atoms with Crippen molar-refractivity contribution in [2.75, 3.05) is 38.1 Å². The number of halogens is 4. The first-order valence-corrected chi connectivity index (χ1v) is 9.58. The van der Waals surface area contributed by atoms with Crippen LogP contribution in [-0.2, 0) is 12.6 Å². The van der Waals surface area contributed by atoms with Gasteiger partial charge in [0.2, 0.25) is 0 Å². The van der Waals surface area contributed by atoms with E-state index in [1.807, 2.05) is 44.3 Å². The number of thiazole rings is 1. The molecule has 156 valence electrons. The number of para-hydroxylation sites is 1. The highest BCUT2D eigenvalue weighted by molar-refractivity contribution is 14.0. The van der Waals surface area contributed by atoms with Gasteiger partial charge in [-0.1, -0.05) is 18.2 Å². The summed E-state index contributed by atoms with van der Waals surface area (Å²) in [5.74, 6) is 0.645. The average molecular weight is 527 g/mol. The maximum absolute atomic E-state index is 12.6. The van der Waals surface area contributed by atoms with Crippen molar-refractivity contribution in [1.82, 2.24) is 15.6 Å². The lowest BCUT2D eigenvalue weighted by Crippen LogP contribution is -2.41. The zero-order valence-electron chi connectivity index (χ0n) is 15.8. The first-order valence-electron chi connectivity index (χ1n) is 8.70. The second kappa shape index (κ2) is 12.1. The molecular formula is C18H25F3IN5S. The summed E-state index contributed by atoms with van der Waals surface area (Å²) in [6.07, 6.45) is -4.01. The number of alkyl halides is 3. The van der Waals surface area contributed by atoms with E-state index in [2.05, 4.69) is 25.5 Å². The Balaban J connectivity index is 0.00000392. The number of aromatic nitrogens is 1. The molecule has 0 amide bonds. The van der Waals surface area contributed by atoms with Gasteiger partial charge in [-0.05, 0) is 19.1 Å². The minimum atomic E-state index is -4.39. The van der Waals surface area contributed by atoms with Gasteiger partial charge < -0.3 is 15.5 Å². The summed E-state index contributed by atoms with van der Waals surface area (Å²) in [5.41, 5.74) is 0.297. The van der Waals surface area contributed by atoms with Crippen LogP contribution in [0.1, 0.15) is 17.6 Å². The highest BCUT2D eigenvalue weighted by Gasteiger charge is 2.33. The molecule has 1 aromatic carbocycles. The molecule has 0 saturated heterocycles. The molecule has 0 saturated carbocycles. The summed E-state index contributed by atoms with van der Waals surface area (Å²) in [6, 6.07) is 10.1. The van der Waals surface area contributed by atoms with E-state index in [0.717, 1.165) is 28.9 Å². The number of hydrogen-bond donors (Lipinski definition) is 2. The number of aliphatic imine (C=N–C) groups is 1. The largest absolute Gasteiger partial charge is 0.434 e. The van der Waals surface area contributed by atoms with Gasteiger partial charge in [0.1, 0.15) is 0 Å². The molecule has 2 N–H and O–H groups in total. The van der Waals surface area contributed by atoms with Crippen molar-refractivity contribution < 1.29 is 13.2 Å². The summed E-state index contributed by atoms with van der Waals surface area (Å²) in [5, 5.41) is 7.85. The molecule has 5 nitrogen and oxygen atoms in total. The molecule has 1 aromatic heterocycles. The first-order chi connectivity index (χ1) is 12.9. The van der Waals surface area contributed by atoms with Gasteiger partial charge in [-0.25, -0.2) is 4.98 Å². The lowest BCUT2D eigenvalue weighted by molar-refractivity contribution is -0.140. The van der Waals surface area contributed by atoms with Crippen molar-refractivity contribution in [3.8, 4) is 0 Å². The third kappa shape index (κ3) is 8.21. The number of rotatable bonds is 8. The topological polar surface area (TPSA) is 52.6 Å². The highest BCUT2D eigenvalue weighted by Crippen LogP contribution is 2.30. The molecule has 0 aliphatic carbocycles. The van der Waals surface area contributed by atoms with Gasteiger partial charge in [0, 0.05) is 50.7 Å². The zero-order valence-corrected chi connectivity index (χ0v) is 18.9. The Morgan fingerprint density at radius 2 is 1.93 bits per heavy atom. The molecule has 0 aliphatic heterocycles. The monoisotopic (exact) mass is 527 g/mol. The summed E-state index contributed by atoms with van der Waals surface area (Å²) in [6.45, 7) is 4.51. The van der Waals surface area contributed by atoms with Crippen LogP contribution in [0.2, 0.25) is 0 Å². The summed E-state index contributed by atoms with van der Waals surface area (Å²) >= 11 is 1.01. The predicted octanol–water partition coefficient (Wildman–Crippen LogP) is 4.01. The van der Waals surface area contributed by atoms with Crippen LogP contribution in [0.3, 0.4) is 0 Å². The number of hydrogen-bond acceptors (Lipinski definition) is 4. The number of anilines is 1. The van der Waals surface area contributed by atoms with Gasteiger partial charge >= 0.3 is 6.18 Å². The fourth-order valence-corrected chi connectivity index (χ4v) is 3.11. The van der Waals surface area contributed by atoms with Crippen LogP contribution in [0.4, 0.5) is 18.9 Å². The normalized spacial score (nSPS) is 11.7. The van der Waals surface area contributed by atoms with Crippen LogP contribution in [0.15, 0.2) is 40.7 Å². The van der Waals surface area contributed by atoms with Crippen LogP contribution in [0, 0.1) is 0 Å². The smallest absolute Gasteiger partial charge is 0.373 e. The standard InChI is InChI=1S/C18H24F3N5S.HI/c1-3-22-17(24-11-12-26(2)14-7-5-4-6-8-14)23-10-9-16-25-15(13-27-16)18(19,20)21;/h4-8,13H,3,9-12H2,1-2H3,(H2,22,23,24);1H. The van der Waals surface area contributed by atoms with E-state index in [1.165, 1.54) is 0 Å². The molecule has 28 heavy (non-hydrogen) atoms. The molecule has 0 unspecified atom stereocenters. The Hall–Kier alpha value is -1.56. The number of benzene rings is 1. The number of nitrogens with zero attached hydrogens (tertiary/aromatic N) is 3. The molecule has 2 aromatic rings. The van der Waals surface area contributed by atoms with E-state index < -0.39 is 11.9 Å². The van der Waals surface area contributed by atoms with Crippen LogP contribution in [-0.4, -0.2) is 44.2 Å². The van der Waals surface area contributed by atoms with Crippen molar-refractivity contribution >= 4 is 47.0 Å². The molecule has 0 atom stereocenters. The molecule has 0 bridgehead atoms. The number of likely N-dealkylation sites (N-methyl/N-ethyl adjacent to an activating group) is 1. The number of nitrogens with one attached hydrogen (secondary N) is 2. The van der Waals surface area contributed by atoms with Crippen molar-refractivity contribution in [3.05, 3.63) is 46.4 Å². The first kappa shape index (κ1) is 24.5. The SMILES string of the molecule is CCNC(=NCCc1nc(C(F)(F)F)cs1)NCCN(C)c1ccccc1.I. The fraction of sp³-hybridized carbons (Fsp3) is 0.444. The Morgan fingerprint density at radius 1 is 1.21 bits per heavy atom. The van der Waals surface area contributed by atoms with E-state index in [9.17, 15) is 13.2 Å². The fourth-order valence-electron chi connectivity index (χ4n) is 2.31. The van der Waals surface area contributed by atoms with E-state index in [-0.39, 0.29) is 24.0 Å². The van der Waals surface area contributed by atoms with Crippen molar-refractivity contribution in [2.24, 2.45) is 4.99 Å². The van der Waals surface area contributed by atoms with Gasteiger partial charge in [0.15, 0.2) is 11.7 Å². The molecule has 0 fully saturated rings. The van der Waals surface area contributed by atoms with Crippen LogP contribution >= 0.6 is 35.3 Å². The van der Waals surface area contributed by atoms with Crippen LogP contribution in [0.5, 0.6) is 0 Å². The minimum absolute atomic E-state index is 0. The molecule has 1 heterocycles. The third-order valence-electron chi connectivity index (χ3n) is 3.72. The van der Waals surface area contributed by atoms with Gasteiger partial charge in [0.25, 0.3) is 0 Å². The summed E-state index contributed by atoms with van der Waals surface area (Å²) in [7, 11) is 2.02. The Kier molecular flexibility index (Phi) is 10.6. The van der Waals surface area contributed by atoms with E-state index >= 15 is 0 Å². The summed E-state index contributed by atoms with van der Waals surface area (Å²) in [4.78, 5) is 10.2. The maximum Gasteiger partial charge on any atom is 0.434 e. The highest BCUT2D eigenvalue weighted by atomic mass is 127. The van der Waals surface area contributed by atoms with Crippen LogP contribution in [0.25, 0.3) is 0 Å².